The van der Waals surface area contributed by atoms with Crippen LogP contribution in [-0.2, 0) is 0 Å². The molecule has 9 heteroatoms. The second kappa shape index (κ2) is 9.96. The molecule has 1 aromatic heterocycles. The minimum atomic E-state index is -0.893. The number of likely N-dealkylation sites (N-methyl/N-ethyl adjacent to an activating group) is 1. The van der Waals surface area contributed by atoms with Crippen LogP contribution in [0.5, 0.6) is 5.75 Å². The molecular weight excluding hydrogens is 420 g/mol. The summed E-state index contributed by atoms with van der Waals surface area (Å²) >= 11 is 1.33. The van der Waals surface area contributed by atoms with E-state index >= 15 is 0 Å². The molecule has 0 fully saturated rings. The molecule has 3 aromatic rings. The lowest BCUT2D eigenvalue weighted by Crippen LogP contribution is -2.37. The van der Waals surface area contributed by atoms with E-state index in [4.69, 9.17) is 4.74 Å². The molecule has 3 rings (SSSR count). The number of nitrogens with zero attached hydrogens (tertiary/aromatic N) is 3. The third-order valence-corrected chi connectivity index (χ3v) is 5.12. The molecule has 0 spiro atoms. The van der Waals surface area contributed by atoms with Crippen molar-refractivity contribution in [2.45, 2.75) is 6.92 Å². The average Bonchev–Trinajstić information content (AvgIpc) is 3.06. The number of ether oxygens (including phenoxy) is 1. The predicted octanol–water partition coefficient (Wildman–Crippen LogP) is 4.60. The summed E-state index contributed by atoms with van der Waals surface area (Å²) in [5.41, 5.74) is 0.469. The fourth-order valence-corrected chi connectivity index (χ4v) is 3.70. The molecule has 1 heterocycles. The third-order valence-electron chi connectivity index (χ3n) is 4.08. The smallest absolute Gasteiger partial charge is 0.263 e. The van der Waals surface area contributed by atoms with Crippen LogP contribution in [0.2, 0.25) is 0 Å². The molecule has 0 saturated heterocycles. The van der Waals surface area contributed by atoms with E-state index in [0.29, 0.717) is 42.2 Å². The Morgan fingerprint density at radius 1 is 1.17 bits per heavy atom. The van der Waals surface area contributed by atoms with Crippen molar-refractivity contribution in [2.75, 3.05) is 38.7 Å². The van der Waals surface area contributed by atoms with Gasteiger partial charge in [0, 0.05) is 19.2 Å². The lowest BCUT2D eigenvalue weighted by atomic mass is 10.2. The molecule has 0 saturated carbocycles. The summed E-state index contributed by atoms with van der Waals surface area (Å²) in [6.45, 7) is 3.25. The van der Waals surface area contributed by atoms with Crippen LogP contribution in [0, 0.1) is 11.6 Å². The van der Waals surface area contributed by atoms with Gasteiger partial charge >= 0.3 is 0 Å². The summed E-state index contributed by atoms with van der Waals surface area (Å²) < 4.78 is 33.9. The molecule has 0 unspecified atom stereocenters. The average molecular weight is 442 g/mol. The van der Waals surface area contributed by atoms with Gasteiger partial charge in [-0.3, -0.25) is 9.69 Å². The maximum absolute atomic E-state index is 14.2. The number of para-hydroxylation sites is 1. The van der Waals surface area contributed by atoms with Crippen LogP contribution in [-0.4, -0.2) is 49.6 Å². The number of carbonyl (C=O) groups excluding carboxylic acids is 1. The monoisotopic (exact) mass is 441 g/mol. The van der Waals surface area contributed by atoms with Crippen LogP contribution in [0.1, 0.15) is 17.3 Å². The largest absolute Gasteiger partial charge is 0.492 e. The van der Waals surface area contributed by atoms with E-state index in [2.05, 4.69) is 4.98 Å². The Hall–Kier alpha value is -2.29. The van der Waals surface area contributed by atoms with Crippen molar-refractivity contribution in [1.82, 2.24) is 9.88 Å². The summed E-state index contributed by atoms with van der Waals surface area (Å²) in [5, 5.41) is 0.442. The first kappa shape index (κ1) is 23.0. The number of halogens is 3. The van der Waals surface area contributed by atoms with Crippen LogP contribution in [0.15, 0.2) is 36.4 Å². The van der Waals surface area contributed by atoms with E-state index in [1.165, 1.54) is 16.2 Å². The third kappa shape index (κ3) is 5.20. The van der Waals surface area contributed by atoms with Crippen LogP contribution < -0.4 is 9.64 Å². The number of hydrogen-bond acceptors (Lipinski definition) is 5. The fraction of sp³-hybridized carbons (Fsp3) is 0.300. The first-order valence-electron chi connectivity index (χ1n) is 8.84. The number of rotatable bonds is 7. The van der Waals surface area contributed by atoms with E-state index in [9.17, 15) is 13.6 Å². The number of thiazole rings is 1. The first-order valence-corrected chi connectivity index (χ1v) is 9.66. The number of benzene rings is 2. The topological polar surface area (TPSA) is 45.7 Å². The second-order valence-corrected chi connectivity index (χ2v) is 7.43. The van der Waals surface area contributed by atoms with Gasteiger partial charge in [-0.05, 0) is 45.3 Å². The van der Waals surface area contributed by atoms with Crippen LogP contribution in [0.3, 0.4) is 0 Å². The number of amides is 1. The van der Waals surface area contributed by atoms with Crippen molar-refractivity contribution < 1.29 is 18.3 Å². The Morgan fingerprint density at radius 3 is 2.59 bits per heavy atom. The maximum Gasteiger partial charge on any atom is 0.263 e. The van der Waals surface area contributed by atoms with Crippen molar-refractivity contribution in [3.8, 4) is 5.75 Å². The van der Waals surface area contributed by atoms with Crippen molar-refractivity contribution in [3.05, 3.63) is 53.6 Å². The van der Waals surface area contributed by atoms with Gasteiger partial charge in [0.05, 0.1) is 16.9 Å². The normalized spacial score (nSPS) is 10.8. The van der Waals surface area contributed by atoms with Crippen LogP contribution in [0.4, 0.5) is 13.9 Å². The molecule has 0 aliphatic rings. The minimum Gasteiger partial charge on any atom is -0.492 e. The number of fused-ring (bicyclic) bond motifs is 1. The van der Waals surface area contributed by atoms with E-state index in [1.807, 2.05) is 44.1 Å². The Balaban J connectivity index is 0.00000300. The van der Waals surface area contributed by atoms with Crippen molar-refractivity contribution in [3.63, 3.8) is 0 Å². The number of aromatic nitrogens is 1. The lowest BCUT2D eigenvalue weighted by Gasteiger charge is -2.22. The zero-order valence-electron chi connectivity index (χ0n) is 16.3. The van der Waals surface area contributed by atoms with Gasteiger partial charge in [-0.1, -0.05) is 17.4 Å². The highest BCUT2D eigenvalue weighted by Gasteiger charge is 2.24. The highest BCUT2D eigenvalue weighted by atomic mass is 35.5. The standard InChI is InChI=1S/C20H21F2N3O2S.ClH/c1-4-27-16-6-5-7-17-18(16)23-20(28-17)25(11-10-24(2)3)19(26)14-9-8-13(21)12-15(14)22;/h5-9,12H,4,10-11H2,1-3H3;1H. The summed E-state index contributed by atoms with van der Waals surface area (Å²) in [6.07, 6.45) is 0. The molecule has 2 aromatic carbocycles. The molecule has 0 bridgehead atoms. The zero-order valence-corrected chi connectivity index (χ0v) is 17.9. The maximum atomic E-state index is 14.2. The quantitative estimate of drug-likeness (QED) is 0.537. The van der Waals surface area contributed by atoms with Gasteiger partial charge in [0.1, 0.15) is 22.9 Å². The van der Waals surface area contributed by atoms with Gasteiger partial charge in [0.15, 0.2) is 5.13 Å². The molecule has 29 heavy (non-hydrogen) atoms. The second-order valence-electron chi connectivity index (χ2n) is 6.42. The molecule has 1 amide bonds. The van der Waals surface area contributed by atoms with Crippen LogP contribution >= 0.6 is 23.7 Å². The molecule has 5 nitrogen and oxygen atoms in total. The Labute approximate surface area is 178 Å². The van der Waals surface area contributed by atoms with Gasteiger partial charge in [-0.25, -0.2) is 13.8 Å². The summed E-state index contributed by atoms with van der Waals surface area (Å²) in [7, 11) is 3.76. The van der Waals surface area contributed by atoms with E-state index in [1.54, 1.807) is 0 Å². The van der Waals surface area contributed by atoms with Crippen LogP contribution in [0.25, 0.3) is 10.2 Å². The van der Waals surface area contributed by atoms with Gasteiger partial charge in [-0.15, -0.1) is 12.4 Å². The Bertz CT molecular complexity index is 997. The number of anilines is 1. The molecule has 0 radical (unpaired) electrons. The molecule has 0 N–H and O–H groups in total. The molecule has 0 aliphatic carbocycles. The highest BCUT2D eigenvalue weighted by Crippen LogP contribution is 2.35. The van der Waals surface area contributed by atoms with E-state index in [-0.39, 0.29) is 18.0 Å². The van der Waals surface area contributed by atoms with Crippen molar-refractivity contribution >= 4 is 45.0 Å². The van der Waals surface area contributed by atoms with Crippen molar-refractivity contribution in [2.24, 2.45) is 0 Å². The van der Waals surface area contributed by atoms with Gasteiger partial charge in [-0.2, -0.15) is 0 Å². The fourth-order valence-electron chi connectivity index (χ4n) is 2.69. The lowest BCUT2D eigenvalue weighted by molar-refractivity contribution is 0.0981. The summed E-state index contributed by atoms with van der Waals surface area (Å²) in [5.74, 6) is -1.54. The SMILES string of the molecule is CCOc1cccc2sc(N(CCN(C)C)C(=O)c3ccc(F)cc3F)nc12.Cl. The van der Waals surface area contributed by atoms with E-state index < -0.39 is 17.5 Å². The zero-order chi connectivity index (χ0) is 20.3. The molecular formula is C20H22ClF2N3O2S. The van der Waals surface area contributed by atoms with Gasteiger partial charge < -0.3 is 9.64 Å². The van der Waals surface area contributed by atoms with Crippen molar-refractivity contribution in [1.29, 1.82) is 0 Å². The molecule has 0 aliphatic heterocycles. The Kier molecular flexibility index (Phi) is 7.89. The number of carbonyl (C=O) groups is 1. The molecule has 0 atom stereocenters. The molecule has 156 valence electrons. The summed E-state index contributed by atoms with van der Waals surface area (Å²) in [6, 6.07) is 8.53. The highest BCUT2D eigenvalue weighted by molar-refractivity contribution is 7.22. The van der Waals surface area contributed by atoms with Gasteiger partial charge in [0.25, 0.3) is 5.91 Å². The van der Waals surface area contributed by atoms with E-state index in [0.717, 1.165) is 16.8 Å². The number of hydrogen-bond donors (Lipinski definition) is 0. The Morgan fingerprint density at radius 2 is 1.93 bits per heavy atom. The summed E-state index contributed by atoms with van der Waals surface area (Å²) in [4.78, 5) is 21.0. The first-order chi connectivity index (χ1) is 13.4. The van der Waals surface area contributed by atoms with Gasteiger partial charge in [0.2, 0.25) is 0 Å². The minimum absolute atomic E-state index is 0. The predicted molar refractivity (Wildman–Crippen MR) is 115 cm³/mol.